The minimum absolute atomic E-state index is 0.0401. The Bertz CT molecular complexity index is 882. The summed E-state index contributed by atoms with van der Waals surface area (Å²) < 4.78 is 7.77. The molecule has 0 saturated heterocycles. The minimum Gasteiger partial charge on any atom is -0.383 e. The van der Waals surface area contributed by atoms with Crippen LogP contribution in [0.15, 0.2) is 22.0 Å². The maximum Gasteiger partial charge on any atom is 0.330 e. The van der Waals surface area contributed by atoms with Crippen LogP contribution in [0.25, 0.3) is 0 Å². The van der Waals surface area contributed by atoms with E-state index in [9.17, 15) is 14.4 Å². The van der Waals surface area contributed by atoms with Crippen molar-refractivity contribution in [3.05, 3.63) is 38.8 Å². The van der Waals surface area contributed by atoms with Crippen LogP contribution in [0.4, 0.5) is 11.5 Å². The molecular weight excluding hydrogens is 340 g/mol. The molecule has 0 aromatic carbocycles. The van der Waals surface area contributed by atoms with Crippen LogP contribution in [0.5, 0.6) is 0 Å². The highest BCUT2D eigenvalue weighted by molar-refractivity contribution is 5.95. The predicted molar refractivity (Wildman–Crippen MR) is 97.2 cm³/mol. The number of carbonyl (C=O) groups excluding carboxylic acids is 1. The summed E-state index contributed by atoms with van der Waals surface area (Å²) in [5.74, 6) is -0.425. The second kappa shape index (κ2) is 8.48. The van der Waals surface area contributed by atoms with Crippen molar-refractivity contribution in [1.82, 2.24) is 19.3 Å². The van der Waals surface area contributed by atoms with Crippen LogP contribution >= 0.6 is 0 Å². The standard InChI is InChI=1S/C16H24N6O4/c1-4-5-22-14(17)13(15(24)19-16(22)25)21(6-7-26-3)12(23)10-20-9-11(2)8-18-20/h8-9H,4-7,10,17H2,1-3H3,(H,19,24,25). The summed E-state index contributed by atoms with van der Waals surface area (Å²) in [4.78, 5) is 40.6. The maximum atomic E-state index is 12.8. The van der Waals surface area contributed by atoms with Gasteiger partial charge in [0.15, 0.2) is 5.69 Å². The van der Waals surface area contributed by atoms with Crippen molar-refractivity contribution in [2.45, 2.75) is 33.4 Å². The molecule has 26 heavy (non-hydrogen) atoms. The Morgan fingerprint density at radius 2 is 2.15 bits per heavy atom. The number of anilines is 2. The molecule has 2 rings (SSSR count). The van der Waals surface area contributed by atoms with Gasteiger partial charge < -0.3 is 15.4 Å². The number of nitrogens with one attached hydrogen (secondary N) is 1. The fraction of sp³-hybridized carbons (Fsp3) is 0.500. The monoisotopic (exact) mass is 364 g/mol. The Labute approximate surface area is 150 Å². The van der Waals surface area contributed by atoms with Gasteiger partial charge in [-0.1, -0.05) is 6.92 Å². The molecule has 2 aromatic rings. The van der Waals surface area contributed by atoms with Gasteiger partial charge in [0, 0.05) is 26.4 Å². The molecule has 3 N–H and O–H groups in total. The van der Waals surface area contributed by atoms with E-state index in [1.54, 1.807) is 12.4 Å². The zero-order valence-corrected chi connectivity index (χ0v) is 15.2. The molecule has 2 aromatic heterocycles. The van der Waals surface area contributed by atoms with Crippen molar-refractivity contribution in [3.8, 4) is 0 Å². The van der Waals surface area contributed by atoms with Gasteiger partial charge in [0.25, 0.3) is 5.56 Å². The lowest BCUT2D eigenvalue weighted by atomic mass is 10.3. The van der Waals surface area contributed by atoms with Gasteiger partial charge in [-0.05, 0) is 18.9 Å². The molecule has 0 atom stereocenters. The average Bonchev–Trinajstić information content (AvgIpc) is 2.99. The van der Waals surface area contributed by atoms with Gasteiger partial charge in [0.05, 0.1) is 12.8 Å². The van der Waals surface area contributed by atoms with Crippen molar-refractivity contribution in [3.63, 3.8) is 0 Å². The Hall–Kier alpha value is -2.88. The molecule has 1 amide bonds. The third-order valence-electron chi connectivity index (χ3n) is 3.81. The van der Waals surface area contributed by atoms with E-state index in [0.29, 0.717) is 13.0 Å². The number of hydrogen-bond acceptors (Lipinski definition) is 6. The third-order valence-corrected chi connectivity index (χ3v) is 3.81. The number of amides is 1. The topological polar surface area (TPSA) is 128 Å². The number of rotatable bonds is 8. The summed E-state index contributed by atoms with van der Waals surface area (Å²) >= 11 is 0. The SMILES string of the molecule is CCCn1c(N)c(N(CCOC)C(=O)Cn2cc(C)cn2)c(=O)[nH]c1=O. The molecule has 0 bridgehead atoms. The summed E-state index contributed by atoms with van der Waals surface area (Å²) in [6.45, 7) is 4.33. The fourth-order valence-corrected chi connectivity index (χ4v) is 2.60. The van der Waals surface area contributed by atoms with Gasteiger partial charge in [0.2, 0.25) is 5.91 Å². The van der Waals surface area contributed by atoms with Crippen LogP contribution in [0.2, 0.25) is 0 Å². The summed E-state index contributed by atoms with van der Waals surface area (Å²) in [5.41, 5.74) is 5.62. The first-order chi connectivity index (χ1) is 12.4. The highest BCUT2D eigenvalue weighted by atomic mass is 16.5. The second-order valence-corrected chi connectivity index (χ2v) is 5.90. The van der Waals surface area contributed by atoms with Gasteiger partial charge >= 0.3 is 5.69 Å². The van der Waals surface area contributed by atoms with Gasteiger partial charge in [-0.3, -0.25) is 23.8 Å². The highest BCUT2D eigenvalue weighted by Crippen LogP contribution is 2.17. The summed E-state index contributed by atoms with van der Waals surface area (Å²) in [6.07, 6.45) is 4.00. The molecule has 10 nitrogen and oxygen atoms in total. The molecule has 2 heterocycles. The molecule has 142 valence electrons. The normalized spacial score (nSPS) is 10.9. The van der Waals surface area contributed by atoms with E-state index in [4.69, 9.17) is 10.5 Å². The number of aromatic nitrogens is 4. The van der Waals surface area contributed by atoms with Crippen LogP contribution < -0.4 is 21.9 Å². The van der Waals surface area contributed by atoms with Crippen molar-refractivity contribution in [2.24, 2.45) is 0 Å². The zero-order chi connectivity index (χ0) is 19.3. The lowest BCUT2D eigenvalue weighted by Crippen LogP contribution is -2.43. The van der Waals surface area contributed by atoms with Crippen molar-refractivity contribution in [1.29, 1.82) is 0 Å². The molecular formula is C16H24N6O4. The summed E-state index contributed by atoms with van der Waals surface area (Å²) in [5, 5.41) is 4.08. The molecule has 0 aliphatic carbocycles. The molecule has 10 heteroatoms. The number of carbonyl (C=O) groups is 1. The van der Waals surface area contributed by atoms with Crippen LogP contribution in [-0.4, -0.2) is 45.5 Å². The van der Waals surface area contributed by atoms with Gasteiger partial charge in [-0.25, -0.2) is 4.79 Å². The fourth-order valence-electron chi connectivity index (χ4n) is 2.60. The highest BCUT2D eigenvalue weighted by Gasteiger charge is 2.24. The molecule has 0 aliphatic heterocycles. The Kier molecular flexibility index (Phi) is 6.34. The number of hydrogen-bond donors (Lipinski definition) is 2. The first-order valence-corrected chi connectivity index (χ1v) is 8.30. The smallest absolute Gasteiger partial charge is 0.330 e. The van der Waals surface area contributed by atoms with Gasteiger partial charge in [0.1, 0.15) is 12.4 Å². The summed E-state index contributed by atoms with van der Waals surface area (Å²) in [6, 6.07) is 0. The Morgan fingerprint density at radius 1 is 1.42 bits per heavy atom. The number of nitrogens with two attached hydrogens (primary N) is 1. The first-order valence-electron chi connectivity index (χ1n) is 8.30. The van der Waals surface area contributed by atoms with Crippen molar-refractivity contribution >= 4 is 17.4 Å². The van der Waals surface area contributed by atoms with E-state index < -0.39 is 11.2 Å². The minimum atomic E-state index is -0.707. The molecule has 0 aliphatic rings. The second-order valence-electron chi connectivity index (χ2n) is 5.90. The van der Waals surface area contributed by atoms with E-state index in [1.807, 2.05) is 13.8 Å². The molecule has 0 spiro atoms. The number of aromatic amines is 1. The van der Waals surface area contributed by atoms with Crippen LogP contribution in [0.3, 0.4) is 0 Å². The predicted octanol–water partition coefficient (Wildman–Crippen LogP) is -0.287. The maximum absolute atomic E-state index is 12.8. The van der Waals surface area contributed by atoms with E-state index in [2.05, 4.69) is 10.1 Å². The molecule has 0 radical (unpaired) electrons. The molecule has 0 saturated carbocycles. The number of nitrogen functional groups attached to an aromatic ring is 1. The van der Waals surface area contributed by atoms with Crippen molar-refractivity contribution in [2.75, 3.05) is 30.9 Å². The zero-order valence-electron chi connectivity index (χ0n) is 15.2. The lowest BCUT2D eigenvalue weighted by Gasteiger charge is -2.24. The number of ether oxygens (including phenoxy) is 1. The quantitative estimate of drug-likeness (QED) is 0.662. The summed E-state index contributed by atoms with van der Waals surface area (Å²) in [7, 11) is 1.49. The lowest BCUT2D eigenvalue weighted by molar-refractivity contribution is -0.119. The molecule has 0 fully saturated rings. The van der Waals surface area contributed by atoms with E-state index in [0.717, 1.165) is 5.56 Å². The number of nitrogens with zero attached hydrogens (tertiary/aromatic N) is 4. The Morgan fingerprint density at radius 3 is 2.73 bits per heavy atom. The van der Waals surface area contributed by atoms with Gasteiger partial charge in [-0.15, -0.1) is 0 Å². The van der Waals surface area contributed by atoms with Crippen LogP contribution in [0, 0.1) is 6.92 Å². The third kappa shape index (κ3) is 4.20. The number of H-pyrrole nitrogens is 1. The van der Waals surface area contributed by atoms with Crippen LogP contribution in [-0.2, 0) is 22.6 Å². The molecule has 0 unspecified atom stereocenters. The van der Waals surface area contributed by atoms with Crippen LogP contribution in [0.1, 0.15) is 18.9 Å². The van der Waals surface area contributed by atoms with Gasteiger partial charge in [-0.2, -0.15) is 5.10 Å². The largest absolute Gasteiger partial charge is 0.383 e. The number of methoxy groups -OCH3 is 1. The number of aryl methyl sites for hydroxylation is 1. The van der Waals surface area contributed by atoms with E-state index in [-0.39, 0.29) is 37.1 Å². The first kappa shape index (κ1) is 19.4. The Balaban J connectivity index is 2.46. The average molecular weight is 364 g/mol. The van der Waals surface area contributed by atoms with E-state index >= 15 is 0 Å². The van der Waals surface area contributed by atoms with Crippen molar-refractivity contribution < 1.29 is 9.53 Å². The van der Waals surface area contributed by atoms with E-state index in [1.165, 1.54) is 21.3 Å².